The summed E-state index contributed by atoms with van der Waals surface area (Å²) in [6.45, 7) is 1.81. The fraction of sp³-hybridized carbons (Fsp3) is 0.118. The number of anilines is 3. The van der Waals surface area contributed by atoms with E-state index in [2.05, 4.69) is 20.8 Å². The Kier molecular flexibility index (Phi) is 4.42. The molecule has 3 aromatic rings. The van der Waals surface area contributed by atoms with Crippen LogP contribution in [0.4, 0.5) is 17.3 Å². The molecule has 0 aliphatic heterocycles. The van der Waals surface area contributed by atoms with Crippen molar-refractivity contribution in [2.24, 2.45) is 0 Å². The van der Waals surface area contributed by atoms with Gasteiger partial charge in [-0.05, 0) is 31.2 Å². The van der Waals surface area contributed by atoms with Gasteiger partial charge in [-0.15, -0.1) is 0 Å². The number of ether oxygens (including phenoxy) is 1. The quantitative estimate of drug-likeness (QED) is 0.748. The minimum atomic E-state index is -0.262. The van der Waals surface area contributed by atoms with Crippen molar-refractivity contribution in [1.29, 1.82) is 0 Å². The van der Waals surface area contributed by atoms with Gasteiger partial charge in [0.1, 0.15) is 17.3 Å². The Labute approximate surface area is 138 Å². The van der Waals surface area contributed by atoms with E-state index in [1.165, 1.54) is 7.11 Å². The summed E-state index contributed by atoms with van der Waals surface area (Å²) < 4.78 is 10.2. The number of aryl methyl sites for hydroxylation is 1. The molecule has 0 atom stereocenters. The molecule has 1 aromatic carbocycles. The zero-order valence-electron chi connectivity index (χ0n) is 13.2. The van der Waals surface area contributed by atoms with E-state index in [0.717, 1.165) is 0 Å². The first-order valence-electron chi connectivity index (χ1n) is 7.26. The van der Waals surface area contributed by atoms with Crippen molar-refractivity contribution in [1.82, 2.24) is 10.1 Å². The van der Waals surface area contributed by atoms with Gasteiger partial charge in [-0.25, -0.2) is 4.98 Å². The highest BCUT2D eigenvalue weighted by molar-refractivity contribution is 6.06. The molecule has 0 saturated carbocycles. The normalized spacial score (nSPS) is 10.2. The molecule has 0 aliphatic carbocycles. The van der Waals surface area contributed by atoms with Gasteiger partial charge in [-0.2, -0.15) is 0 Å². The highest BCUT2D eigenvalue weighted by Gasteiger charge is 2.11. The number of pyridine rings is 1. The lowest BCUT2D eigenvalue weighted by Gasteiger charge is -2.09. The van der Waals surface area contributed by atoms with Gasteiger partial charge in [-0.1, -0.05) is 17.3 Å². The van der Waals surface area contributed by atoms with Crippen LogP contribution < -0.4 is 15.4 Å². The smallest absolute Gasteiger partial charge is 0.259 e. The monoisotopic (exact) mass is 324 g/mol. The summed E-state index contributed by atoms with van der Waals surface area (Å²) in [4.78, 5) is 16.5. The third-order valence-electron chi connectivity index (χ3n) is 3.26. The zero-order chi connectivity index (χ0) is 16.9. The number of benzene rings is 1. The van der Waals surface area contributed by atoms with Crippen LogP contribution in [-0.2, 0) is 0 Å². The van der Waals surface area contributed by atoms with E-state index < -0.39 is 0 Å². The molecule has 0 bridgehead atoms. The maximum Gasteiger partial charge on any atom is 0.259 e. The van der Waals surface area contributed by atoms with E-state index >= 15 is 0 Å². The molecule has 2 aromatic heterocycles. The summed E-state index contributed by atoms with van der Waals surface area (Å²) in [6.07, 6.45) is 1.56. The molecule has 7 heteroatoms. The van der Waals surface area contributed by atoms with Crippen molar-refractivity contribution >= 4 is 23.2 Å². The van der Waals surface area contributed by atoms with Gasteiger partial charge in [0.2, 0.25) is 0 Å². The van der Waals surface area contributed by atoms with Crippen molar-refractivity contribution in [3.63, 3.8) is 0 Å². The highest BCUT2D eigenvalue weighted by Crippen LogP contribution is 2.20. The van der Waals surface area contributed by atoms with Gasteiger partial charge in [-0.3, -0.25) is 4.79 Å². The molecule has 0 fully saturated rings. The fourth-order valence-electron chi connectivity index (χ4n) is 2.13. The topological polar surface area (TPSA) is 89.3 Å². The van der Waals surface area contributed by atoms with Crippen molar-refractivity contribution in [3.8, 4) is 5.75 Å². The molecule has 0 saturated heterocycles. The maximum atomic E-state index is 12.3. The van der Waals surface area contributed by atoms with Crippen LogP contribution in [0.1, 0.15) is 16.1 Å². The predicted molar refractivity (Wildman–Crippen MR) is 89.7 cm³/mol. The number of hydrogen-bond acceptors (Lipinski definition) is 6. The Hall–Kier alpha value is -3.35. The molecule has 1 amide bonds. The number of amides is 1. The Morgan fingerprint density at radius 3 is 2.67 bits per heavy atom. The van der Waals surface area contributed by atoms with Crippen molar-refractivity contribution < 1.29 is 14.1 Å². The SMILES string of the molecule is COc1ccccc1C(=O)Nc1ccc(Nc2cc(C)on2)nc1. The van der Waals surface area contributed by atoms with Gasteiger partial charge >= 0.3 is 0 Å². The number of methoxy groups -OCH3 is 1. The minimum Gasteiger partial charge on any atom is -0.496 e. The summed E-state index contributed by atoms with van der Waals surface area (Å²) in [5.74, 6) is 2.13. The molecule has 0 spiro atoms. The lowest BCUT2D eigenvalue weighted by Crippen LogP contribution is -2.13. The molecule has 2 N–H and O–H groups in total. The average Bonchev–Trinajstić information content (AvgIpc) is 3.01. The number of rotatable bonds is 5. The van der Waals surface area contributed by atoms with Crippen LogP contribution in [0.5, 0.6) is 5.75 Å². The zero-order valence-corrected chi connectivity index (χ0v) is 13.2. The number of nitrogens with zero attached hydrogens (tertiary/aromatic N) is 2. The second-order valence-electron chi connectivity index (χ2n) is 5.03. The van der Waals surface area contributed by atoms with Gasteiger partial charge in [0.25, 0.3) is 5.91 Å². The summed E-state index contributed by atoms with van der Waals surface area (Å²) in [5.41, 5.74) is 1.04. The molecule has 7 nitrogen and oxygen atoms in total. The number of carbonyl (C=O) groups excluding carboxylic acids is 1. The third-order valence-corrected chi connectivity index (χ3v) is 3.26. The molecule has 0 unspecified atom stereocenters. The van der Waals surface area contributed by atoms with Crippen LogP contribution in [0.15, 0.2) is 53.2 Å². The molecule has 3 rings (SSSR count). The van der Waals surface area contributed by atoms with Crippen LogP contribution in [0, 0.1) is 6.92 Å². The minimum absolute atomic E-state index is 0.262. The lowest BCUT2D eigenvalue weighted by atomic mass is 10.2. The fourth-order valence-corrected chi connectivity index (χ4v) is 2.13. The Bertz CT molecular complexity index is 843. The molecular formula is C17H16N4O3. The molecule has 0 radical (unpaired) electrons. The lowest BCUT2D eigenvalue weighted by molar-refractivity contribution is 0.102. The highest BCUT2D eigenvalue weighted by atomic mass is 16.5. The van der Waals surface area contributed by atoms with Crippen molar-refractivity contribution in [2.45, 2.75) is 6.92 Å². The number of aromatic nitrogens is 2. The van der Waals surface area contributed by atoms with E-state index in [9.17, 15) is 4.79 Å². The summed E-state index contributed by atoms with van der Waals surface area (Å²) in [5, 5.41) is 9.62. The van der Waals surface area contributed by atoms with E-state index in [-0.39, 0.29) is 5.91 Å². The summed E-state index contributed by atoms with van der Waals surface area (Å²) in [7, 11) is 1.53. The number of carbonyl (C=O) groups is 1. The van der Waals surface area contributed by atoms with E-state index in [4.69, 9.17) is 9.26 Å². The van der Waals surface area contributed by atoms with Crippen molar-refractivity contribution in [2.75, 3.05) is 17.7 Å². The predicted octanol–water partition coefficient (Wildman–Crippen LogP) is 3.38. The Balaban J connectivity index is 1.68. The summed E-state index contributed by atoms with van der Waals surface area (Å²) in [6, 6.07) is 12.3. The first kappa shape index (κ1) is 15.5. The van der Waals surface area contributed by atoms with Crippen LogP contribution in [0.3, 0.4) is 0 Å². The number of nitrogens with one attached hydrogen (secondary N) is 2. The van der Waals surface area contributed by atoms with Crippen LogP contribution in [0.25, 0.3) is 0 Å². The second kappa shape index (κ2) is 6.82. The van der Waals surface area contributed by atoms with Gasteiger partial charge in [0.05, 0.1) is 24.6 Å². The third kappa shape index (κ3) is 3.52. The summed E-state index contributed by atoms with van der Waals surface area (Å²) >= 11 is 0. The molecular weight excluding hydrogens is 308 g/mol. The van der Waals surface area contributed by atoms with Gasteiger partial charge < -0.3 is 19.9 Å². The number of hydrogen-bond donors (Lipinski definition) is 2. The van der Waals surface area contributed by atoms with E-state index in [0.29, 0.717) is 34.4 Å². The molecule has 2 heterocycles. The Morgan fingerprint density at radius 2 is 2.00 bits per heavy atom. The average molecular weight is 324 g/mol. The van der Waals surface area contributed by atoms with E-state index in [1.54, 1.807) is 42.6 Å². The second-order valence-corrected chi connectivity index (χ2v) is 5.03. The van der Waals surface area contributed by atoms with Crippen LogP contribution in [-0.4, -0.2) is 23.2 Å². The first-order chi connectivity index (χ1) is 11.7. The van der Waals surface area contributed by atoms with Gasteiger partial charge in [0, 0.05) is 6.07 Å². The van der Waals surface area contributed by atoms with Crippen LogP contribution >= 0.6 is 0 Å². The van der Waals surface area contributed by atoms with Crippen LogP contribution in [0.2, 0.25) is 0 Å². The molecule has 0 aliphatic rings. The molecule has 24 heavy (non-hydrogen) atoms. The maximum absolute atomic E-state index is 12.3. The largest absolute Gasteiger partial charge is 0.496 e. The van der Waals surface area contributed by atoms with Crippen molar-refractivity contribution in [3.05, 3.63) is 60.0 Å². The Morgan fingerprint density at radius 1 is 1.17 bits per heavy atom. The number of para-hydroxylation sites is 1. The van der Waals surface area contributed by atoms with Gasteiger partial charge in [0.15, 0.2) is 5.82 Å². The first-order valence-corrected chi connectivity index (χ1v) is 7.26. The molecule has 122 valence electrons. The van der Waals surface area contributed by atoms with E-state index in [1.807, 2.05) is 13.0 Å². The standard InChI is InChI=1S/C17H16N4O3/c1-11-9-16(21-24-11)20-15-8-7-12(10-18-15)19-17(22)13-5-3-4-6-14(13)23-2/h3-10H,1-2H3,(H,19,22)(H,18,20,21).